The molecule has 0 aliphatic heterocycles. The molecule has 0 radical (unpaired) electrons. The van der Waals surface area contributed by atoms with Gasteiger partial charge in [0.25, 0.3) is 0 Å². The zero-order valence-electron chi connectivity index (χ0n) is 10.3. The summed E-state index contributed by atoms with van der Waals surface area (Å²) in [6.45, 7) is 2.11. The Balaban J connectivity index is 2.09. The van der Waals surface area contributed by atoms with Crippen LogP contribution >= 0.6 is 22.6 Å². The minimum absolute atomic E-state index is 0.180. The van der Waals surface area contributed by atoms with Gasteiger partial charge in [-0.2, -0.15) is 0 Å². The number of aryl methyl sites for hydroxylation is 1. The number of rotatable bonds is 4. The van der Waals surface area contributed by atoms with Gasteiger partial charge in [0.1, 0.15) is 0 Å². The summed E-state index contributed by atoms with van der Waals surface area (Å²) in [5, 5.41) is 0. The van der Waals surface area contributed by atoms with Crippen LogP contribution in [0.4, 0.5) is 0 Å². The molecular formula is C16H15IO. The van der Waals surface area contributed by atoms with E-state index in [-0.39, 0.29) is 5.78 Å². The van der Waals surface area contributed by atoms with E-state index in [0.29, 0.717) is 6.42 Å². The zero-order chi connectivity index (χ0) is 13.0. The molecule has 0 N–H and O–H groups in total. The largest absolute Gasteiger partial charge is 0.294 e. The molecule has 0 saturated carbocycles. The Morgan fingerprint density at radius 3 is 2.06 bits per heavy atom. The highest BCUT2D eigenvalue weighted by Gasteiger charge is 2.06. The number of Topliss-reactive ketones (excluding diaryl/α,β-unsaturated/α-hetero) is 1. The van der Waals surface area contributed by atoms with Crippen molar-refractivity contribution in [2.45, 2.75) is 19.8 Å². The quantitative estimate of drug-likeness (QED) is 0.594. The van der Waals surface area contributed by atoms with E-state index >= 15 is 0 Å². The summed E-state index contributed by atoms with van der Waals surface area (Å²) in [6.07, 6.45) is 1.48. The molecular weight excluding hydrogens is 335 g/mol. The highest BCUT2D eigenvalue weighted by molar-refractivity contribution is 14.1. The van der Waals surface area contributed by atoms with E-state index in [1.54, 1.807) is 0 Å². The molecule has 2 rings (SSSR count). The molecule has 0 aliphatic carbocycles. The topological polar surface area (TPSA) is 17.1 Å². The highest BCUT2D eigenvalue weighted by atomic mass is 127. The van der Waals surface area contributed by atoms with Crippen molar-refractivity contribution in [1.82, 2.24) is 0 Å². The Bertz CT molecular complexity index is 526. The van der Waals surface area contributed by atoms with Gasteiger partial charge in [0.05, 0.1) is 0 Å². The van der Waals surface area contributed by atoms with E-state index in [1.807, 2.05) is 48.5 Å². The lowest BCUT2D eigenvalue weighted by Gasteiger charge is -2.03. The predicted octanol–water partition coefficient (Wildman–Crippen LogP) is 4.28. The first kappa shape index (κ1) is 13.3. The lowest BCUT2D eigenvalue weighted by molar-refractivity contribution is 0.0993. The fraction of sp³-hybridized carbons (Fsp3) is 0.188. The normalized spacial score (nSPS) is 10.3. The minimum Gasteiger partial charge on any atom is -0.294 e. The van der Waals surface area contributed by atoms with Gasteiger partial charge in [-0.1, -0.05) is 43.3 Å². The van der Waals surface area contributed by atoms with Gasteiger partial charge < -0.3 is 0 Å². The molecule has 18 heavy (non-hydrogen) atoms. The minimum atomic E-state index is 0.180. The Kier molecular flexibility index (Phi) is 4.53. The van der Waals surface area contributed by atoms with Crippen LogP contribution in [0.5, 0.6) is 0 Å². The van der Waals surface area contributed by atoms with Crippen LogP contribution in [0.2, 0.25) is 0 Å². The van der Waals surface area contributed by atoms with Crippen molar-refractivity contribution >= 4 is 28.4 Å². The highest BCUT2D eigenvalue weighted by Crippen LogP contribution is 2.11. The molecule has 0 spiro atoms. The molecule has 2 aromatic carbocycles. The van der Waals surface area contributed by atoms with Gasteiger partial charge in [-0.25, -0.2) is 0 Å². The SMILES string of the molecule is CCc1ccc(C(=O)Cc2ccc(I)cc2)cc1. The first-order valence-electron chi connectivity index (χ1n) is 6.05. The molecule has 1 nitrogen and oxygen atoms in total. The monoisotopic (exact) mass is 350 g/mol. The van der Waals surface area contributed by atoms with E-state index in [9.17, 15) is 4.79 Å². The molecule has 2 heteroatoms. The molecule has 92 valence electrons. The molecule has 0 amide bonds. The van der Waals surface area contributed by atoms with Gasteiger partial charge in [-0.15, -0.1) is 0 Å². The first-order valence-corrected chi connectivity index (χ1v) is 7.13. The maximum absolute atomic E-state index is 12.1. The van der Waals surface area contributed by atoms with Crippen molar-refractivity contribution in [3.8, 4) is 0 Å². The Labute approximate surface area is 121 Å². The molecule has 0 fully saturated rings. The fourth-order valence-electron chi connectivity index (χ4n) is 1.82. The third kappa shape index (κ3) is 3.42. The number of hydrogen-bond acceptors (Lipinski definition) is 1. The van der Waals surface area contributed by atoms with Gasteiger partial charge in [0.2, 0.25) is 0 Å². The second-order valence-electron chi connectivity index (χ2n) is 4.28. The van der Waals surface area contributed by atoms with Crippen LogP contribution in [0.3, 0.4) is 0 Å². The third-order valence-electron chi connectivity index (χ3n) is 2.96. The second-order valence-corrected chi connectivity index (χ2v) is 5.52. The summed E-state index contributed by atoms with van der Waals surface area (Å²) >= 11 is 2.26. The molecule has 0 aliphatic rings. The summed E-state index contributed by atoms with van der Waals surface area (Å²) in [4.78, 5) is 12.1. The van der Waals surface area contributed by atoms with Crippen LogP contribution in [0.1, 0.15) is 28.4 Å². The summed E-state index contributed by atoms with van der Waals surface area (Å²) in [6, 6.07) is 16.0. The lowest BCUT2D eigenvalue weighted by atomic mass is 10.0. The number of carbonyl (C=O) groups is 1. The number of hydrogen-bond donors (Lipinski definition) is 0. The molecule has 0 unspecified atom stereocenters. The Hall–Kier alpha value is -1.16. The van der Waals surface area contributed by atoms with E-state index < -0.39 is 0 Å². The van der Waals surface area contributed by atoms with E-state index in [0.717, 1.165) is 17.5 Å². The van der Waals surface area contributed by atoms with Crippen LogP contribution in [-0.4, -0.2) is 5.78 Å². The maximum atomic E-state index is 12.1. The smallest absolute Gasteiger partial charge is 0.167 e. The van der Waals surface area contributed by atoms with Gasteiger partial charge in [0.15, 0.2) is 5.78 Å². The van der Waals surface area contributed by atoms with Crippen molar-refractivity contribution in [1.29, 1.82) is 0 Å². The maximum Gasteiger partial charge on any atom is 0.167 e. The number of ketones is 1. The van der Waals surface area contributed by atoms with Gasteiger partial charge >= 0.3 is 0 Å². The Morgan fingerprint density at radius 2 is 1.50 bits per heavy atom. The van der Waals surface area contributed by atoms with Crippen molar-refractivity contribution < 1.29 is 4.79 Å². The van der Waals surface area contributed by atoms with Crippen molar-refractivity contribution in [2.24, 2.45) is 0 Å². The average molecular weight is 350 g/mol. The standard InChI is InChI=1S/C16H15IO/c1-2-12-3-7-14(8-4-12)16(18)11-13-5-9-15(17)10-6-13/h3-10H,2,11H2,1H3. The fourth-order valence-corrected chi connectivity index (χ4v) is 2.18. The third-order valence-corrected chi connectivity index (χ3v) is 3.68. The average Bonchev–Trinajstić information content (AvgIpc) is 2.41. The number of halogens is 1. The predicted molar refractivity (Wildman–Crippen MR) is 83.0 cm³/mol. The molecule has 0 heterocycles. The molecule has 0 saturated heterocycles. The summed E-state index contributed by atoms with van der Waals surface area (Å²) in [5.74, 6) is 0.180. The summed E-state index contributed by atoms with van der Waals surface area (Å²) in [5.41, 5.74) is 3.13. The van der Waals surface area contributed by atoms with Gasteiger partial charge in [0, 0.05) is 15.6 Å². The second kappa shape index (κ2) is 6.14. The van der Waals surface area contributed by atoms with Crippen molar-refractivity contribution in [2.75, 3.05) is 0 Å². The van der Waals surface area contributed by atoms with Crippen LogP contribution in [-0.2, 0) is 12.8 Å². The van der Waals surface area contributed by atoms with Crippen molar-refractivity contribution in [3.63, 3.8) is 0 Å². The Morgan fingerprint density at radius 1 is 0.944 bits per heavy atom. The van der Waals surface area contributed by atoms with Crippen LogP contribution in [0.25, 0.3) is 0 Å². The van der Waals surface area contributed by atoms with E-state index in [4.69, 9.17) is 0 Å². The zero-order valence-corrected chi connectivity index (χ0v) is 12.5. The summed E-state index contributed by atoms with van der Waals surface area (Å²) < 4.78 is 1.19. The van der Waals surface area contributed by atoms with Crippen LogP contribution < -0.4 is 0 Å². The summed E-state index contributed by atoms with van der Waals surface area (Å²) in [7, 11) is 0. The molecule has 0 bridgehead atoms. The lowest BCUT2D eigenvalue weighted by Crippen LogP contribution is -2.03. The van der Waals surface area contributed by atoms with E-state index in [2.05, 4.69) is 29.5 Å². The van der Waals surface area contributed by atoms with Crippen LogP contribution in [0, 0.1) is 3.57 Å². The van der Waals surface area contributed by atoms with E-state index in [1.165, 1.54) is 9.13 Å². The van der Waals surface area contributed by atoms with Gasteiger partial charge in [-0.3, -0.25) is 4.79 Å². The molecule has 0 aromatic heterocycles. The first-order chi connectivity index (χ1) is 8.69. The molecule has 2 aromatic rings. The van der Waals surface area contributed by atoms with Crippen molar-refractivity contribution in [3.05, 3.63) is 68.8 Å². The number of carbonyl (C=O) groups excluding carboxylic acids is 1. The number of benzene rings is 2. The molecule has 0 atom stereocenters. The van der Waals surface area contributed by atoms with Gasteiger partial charge in [-0.05, 0) is 52.3 Å². The van der Waals surface area contributed by atoms with Crippen LogP contribution in [0.15, 0.2) is 48.5 Å².